The first-order valence-electron chi connectivity index (χ1n) is 7.81. The summed E-state index contributed by atoms with van der Waals surface area (Å²) in [7, 11) is 0. The van der Waals surface area contributed by atoms with Crippen molar-refractivity contribution < 1.29 is 15.0 Å². The standard InChI is InChI=1S/C15H23N3O3/c16-7-10-5-9-6-11(9)18(10)14(21)13(17)15(12(20)8-19)3-1-2-4-15/h9-13,19-20H,1-6,8,17H2. The minimum atomic E-state index is -0.975. The molecule has 0 radical (unpaired) electrons. The third-order valence-electron chi connectivity index (χ3n) is 5.76. The zero-order valence-electron chi connectivity index (χ0n) is 12.1. The molecule has 3 aliphatic rings. The van der Waals surface area contributed by atoms with E-state index in [0.29, 0.717) is 18.8 Å². The number of likely N-dealkylation sites (tertiary alicyclic amines) is 1. The van der Waals surface area contributed by atoms with Crippen molar-refractivity contribution in [2.75, 3.05) is 6.61 Å². The molecular weight excluding hydrogens is 270 g/mol. The Labute approximate surface area is 124 Å². The molecule has 1 amide bonds. The minimum Gasteiger partial charge on any atom is -0.394 e. The van der Waals surface area contributed by atoms with Crippen LogP contribution in [0.15, 0.2) is 0 Å². The molecule has 0 bridgehead atoms. The molecule has 4 N–H and O–H groups in total. The van der Waals surface area contributed by atoms with Crippen molar-refractivity contribution in [3.05, 3.63) is 0 Å². The Morgan fingerprint density at radius 3 is 2.67 bits per heavy atom. The van der Waals surface area contributed by atoms with Gasteiger partial charge in [0.25, 0.3) is 0 Å². The first-order valence-corrected chi connectivity index (χ1v) is 7.81. The zero-order chi connectivity index (χ0) is 15.2. The molecule has 2 saturated carbocycles. The summed E-state index contributed by atoms with van der Waals surface area (Å²) >= 11 is 0. The number of carbonyl (C=O) groups excluding carboxylic acids is 1. The van der Waals surface area contributed by atoms with Crippen molar-refractivity contribution in [2.45, 2.75) is 62.8 Å². The minimum absolute atomic E-state index is 0.165. The summed E-state index contributed by atoms with van der Waals surface area (Å²) in [4.78, 5) is 14.5. The van der Waals surface area contributed by atoms with Gasteiger partial charge in [-0.2, -0.15) is 5.26 Å². The molecule has 21 heavy (non-hydrogen) atoms. The molecule has 2 aliphatic carbocycles. The van der Waals surface area contributed by atoms with E-state index in [4.69, 9.17) is 5.73 Å². The van der Waals surface area contributed by atoms with Crippen molar-refractivity contribution in [1.82, 2.24) is 4.90 Å². The number of nitriles is 1. The molecular formula is C15H23N3O3. The fourth-order valence-electron chi connectivity index (χ4n) is 4.36. The lowest BCUT2D eigenvalue weighted by atomic mass is 9.73. The van der Waals surface area contributed by atoms with Gasteiger partial charge in [0.15, 0.2) is 0 Å². The molecule has 0 aromatic carbocycles. The van der Waals surface area contributed by atoms with Crippen LogP contribution in [0.25, 0.3) is 0 Å². The fourth-order valence-corrected chi connectivity index (χ4v) is 4.36. The van der Waals surface area contributed by atoms with Crippen LogP contribution in [0.1, 0.15) is 38.5 Å². The van der Waals surface area contributed by atoms with Gasteiger partial charge in [0.2, 0.25) is 5.91 Å². The first kappa shape index (κ1) is 14.8. The maximum absolute atomic E-state index is 12.8. The summed E-state index contributed by atoms with van der Waals surface area (Å²) in [5.74, 6) is 0.231. The van der Waals surface area contributed by atoms with Crippen LogP contribution in [0.4, 0.5) is 0 Å². The largest absolute Gasteiger partial charge is 0.394 e. The highest BCUT2D eigenvalue weighted by molar-refractivity contribution is 5.84. The highest BCUT2D eigenvalue weighted by Crippen LogP contribution is 2.50. The van der Waals surface area contributed by atoms with Gasteiger partial charge in [0.1, 0.15) is 6.04 Å². The van der Waals surface area contributed by atoms with Gasteiger partial charge < -0.3 is 20.8 Å². The number of fused-ring (bicyclic) bond motifs is 1. The summed E-state index contributed by atoms with van der Waals surface area (Å²) in [6, 6.07) is 1.15. The van der Waals surface area contributed by atoms with Gasteiger partial charge in [-0.3, -0.25) is 4.79 Å². The summed E-state index contributed by atoms with van der Waals surface area (Å²) in [6.45, 7) is -0.380. The molecule has 0 aromatic rings. The fraction of sp³-hybridized carbons (Fsp3) is 0.867. The van der Waals surface area contributed by atoms with Gasteiger partial charge in [-0.25, -0.2) is 0 Å². The van der Waals surface area contributed by atoms with E-state index in [9.17, 15) is 20.3 Å². The van der Waals surface area contributed by atoms with Gasteiger partial charge >= 0.3 is 0 Å². The van der Waals surface area contributed by atoms with Crippen LogP contribution in [0.5, 0.6) is 0 Å². The van der Waals surface area contributed by atoms with E-state index in [-0.39, 0.29) is 24.6 Å². The molecule has 6 heteroatoms. The average Bonchev–Trinajstić information content (AvgIpc) is 2.94. The quantitative estimate of drug-likeness (QED) is 0.661. The number of hydrogen-bond acceptors (Lipinski definition) is 5. The van der Waals surface area contributed by atoms with E-state index in [1.165, 1.54) is 0 Å². The number of aliphatic hydroxyl groups excluding tert-OH is 2. The van der Waals surface area contributed by atoms with Crippen LogP contribution in [0, 0.1) is 22.7 Å². The first-order chi connectivity index (χ1) is 10.0. The van der Waals surface area contributed by atoms with E-state index in [0.717, 1.165) is 25.7 Å². The highest BCUT2D eigenvalue weighted by Gasteiger charge is 2.57. The third-order valence-corrected chi connectivity index (χ3v) is 5.76. The van der Waals surface area contributed by atoms with Gasteiger partial charge in [-0.15, -0.1) is 0 Å². The van der Waals surface area contributed by atoms with Gasteiger partial charge in [-0.05, 0) is 31.6 Å². The summed E-state index contributed by atoms with van der Waals surface area (Å²) in [5.41, 5.74) is 5.50. The maximum atomic E-state index is 12.8. The Morgan fingerprint density at radius 2 is 2.10 bits per heavy atom. The SMILES string of the molecule is N#CC1CC2CC2N1C(=O)C(N)C1(C(O)CO)CCCC1. The predicted molar refractivity (Wildman–Crippen MR) is 74.7 cm³/mol. The van der Waals surface area contributed by atoms with Crippen LogP contribution < -0.4 is 5.73 Å². The topological polar surface area (TPSA) is 111 Å². The number of piperidine rings is 1. The molecule has 1 heterocycles. The van der Waals surface area contributed by atoms with Crippen LogP contribution >= 0.6 is 0 Å². The van der Waals surface area contributed by atoms with E-state index < -0.39 is 17.6 Å². The van der Waals surface area contributed by atoms with E-state index in [1.54, 1.807) is 4.90 Å². The van der Waals surface area contributed by atoms with Crippen molar-refractivity contribution in [3.8, 4) is 6.07 Å². The Balaban J connectivity index is 1.81. The molecule has 0 spiro atoms. The van der Waals surface area contributed by atoms with Crippen LogP contribution in [-0.4, -0.2) is 51.9 Å². The molecule has 3 fully saturated rings. The lowest BCUT2D eigenvalue weighted by Crippen LogP contribution is -2.58. The molecule has 3 rings (SSSR count). The number of amides is 1. The number of aliphatic hydroxyl groups is 2. The van der Waals surface area contributed by atoms with Crippen molar-refractivity contribution in [2.24, 2.45) is 17.1 Å². The molecule has 1 aliphatic heterocycles. The number of rotatable bonds is 4. The molecule has 1 saturated heterocycles. The molecule has 5 atom stereocenters. The van der Waals surface area contributed by atoms with Crippen molar-refractivity contribution >= 4 is 5.91 Å². The third kappa shape index (κ3) is 2.15. The summed E-state index contributed by atoms with van der Waals surface area (Å²) < 4.78 is 0. The average molecular weight is 293 g/mol. The zero-order valence-corrected chi connectivity index (χ0v) is 12.1. The van der Waals surface area contributed by atoms with E-state index in [1.807, 2.05) is 0 Å². The summed E-state index contributed by atoms with van der Waals surface area (Å²) in [6.07, 6.45) is 3.86. The van der Waals surface area contributed by atoms with E-state index >= 15 is 0 Å². The Morgan fingerprint density at radius 1 is 1.43 bits per heavy atom. The van der Waals surface area contributed by atoms with Gasteiger partial charge in [-0.1, -0.05) is 12.8 Å². The molecule has 0 aromatic heterocycles. The summed E-state index contributed by atoms with van der Waals surface area (Å²) in [5, 5.41) is 28.8. The number of carbonyl (C=O) groups is 1. The second-order valence-electron chi connectivity index (χ2n) is 6.81. The van der Waals surface area contributed by atoms with Crippen molar-refractivity contribution in [3.63, 3.8) is 0 Å². The lowest BCUT2D eigenvalue weighted by Gasteiger charge is -2.40. The maximum Gasteiger partial charge on any atom is 0.241 e. The lowest BCUT2D eigenvalue weighted by molar-refractivity contribution is -0.140. The molecule has 116 valence electrons. The smallest absolute Gasteiger partial charge is 0.241 e. The predicted octanol–water partition coefficient (Wildman–Crippen LogP) is -0.260. The second kappa shape index (κ2) is 5.24. The number of hydrogen-bond donors (Lipinski definition) is 3. The van der Waals surface area contributed by atoms with Crippen molar-refractivity contribution in [1.29, 1.82) is 5.26 Å². The monoisotopic (exact) mass is 293 g/mol. The molecule has 6 nitrogen and oxygen atoms in total. The normalized spacial score (nSPS) is 35.9. The molecule has 5 unspecified atom stereocenters. The second-order valence-corrected chi connectivity index (χ2v) is 6.81. The Kier molecular flexibility index (Phi) is 3.68. The number of nitrogens with two attached hydrogens (primary N) is 1. The van der Waals surface area contributed by atoms with E-state index in [2.05, 4.69) is 6.07 Å². The van der Waals surface area contributed by atoms with Crippen LogP contribution in [0.2, 0.25) is 0 Å². The van der Waals surface area contributed by atoms with Crippen LogP contribution in [-0.2, 0) is 4.79 Å². The Hall–Kier alpha value is -1.16. The van der Waals surface area contributed by atoms with Gasteiger partial charge in [0, 0.05) is 11.5 Å². The highest BCUT2D eigenvalue weighted by atomic mass is 16.3. The Bertz CT molecular complexity index is 469. The van der Waals surface area contributed by atoms with Crippen LogP contribution in [0.3, 0.4) is 0 Å². The van der Waals surface area contributed by atoms with Gasteiger partial charge in [0.05, 0.1) is 24.8 Å². The number of nitrogens with zero attached hydrogens (tertiary/aromatic N) is 2.